The van der Waals surface area contributed by atoms with E-state index in [9.17, 15) is 18.0 Å². The van der Waals surface area contributed by atoms with Gasteiger partial charge in [-0.1, -0.05) is 60.2 Å². The van der Waals surface area contributed by atoms with Crippen molar-refractivity contribution in [3.63, 3.8) is 0 Å². The first-order valence-corrected chi connectivity index (χ1v) is 17.6. The molecule has 0 unspecified atom stereocenters. The molecule has 0 spiro atoms. The Kier molecular flexibility index (Phi) is 8.48. The molecule has 246 valence electrons. The Morgan fingerprint density at radius 1 is 0.694 bits per heavy atom. The third-order valence-corrected chi connectivity index (χ3v) is 10.8. The second-order valence-electron chi connectivity index (χ2n) is 12.0. The van der Waals surface area contributed by atoms with E-state index in [0.717, 1.165) is 60.6 Å². The number of fused-ring (bicyclic) bond motifs is 4. The van der Waals surface area contributed by atoms with Crippen molar-refractivity contribution < 1.29 is 27.5 Å². The lowest BCUT2D eigenvalue weighted by Gasteiger charge is -2.20. The topological polar surface area (TPSA) is 103 Å². The van der Waals surface area contributed by atoms with E-state index in [0.29, 0.717) is 11.1 Å². The maximum Gasteiger partial charge on any atom is 0.338 e. The Balaban J connectivity index is 1.51. The number of sulfonamides is 1. The molecule has 1 aliphatic rings. The molecule has 1 aliphatic heterocycles. The highest BCUT2D eigenvalue weighted by atomic mass is 32.2. The quantitative estimate of drug-likeness (QED) is 0.119. The normalized spacial score (nSPS) is 13.0. The molecule has 0 saturated carbocycles. The third kappa shape index (κ3) is 5.75. The summed E-state index contributed by atoms with van der Waals surface area (Å²) in [6.45, 7) is 6.27. The monoisotopic (exact) mass is 670 g/mol. The van der Waals surface area contributed by atoms with Gasteiger partial charge in [-0.25, -0.2) is 18.0 Å². The number of benzene rings is 5. The minimum atomic E-state index is -3.88. The predicted molar refractivity (Wildman–Crippen MR) is 190 cm³/mol. The summed E-state index contributed by atoms with van der Waals surface area (Å²) in [7, 11) is -3.88. The van der Waals surface area contributed by atoms with Crippen LogP contribution in [-0.4, -0.2) is 42.9 Å². The van der Waals surface area contributed by atoms with Crippen molar-refractivity contribution in [1.82, 2.24) is 9.29 Å². The number of carbonyl (C=O) groups is 2. The van der Waals surface area contributed by atoms with Crippen molar-refractivity contribution in [1.29, 1.82) is 0 Å². The number of aromatic nitrogens is 1. The van der Waals surface area contributed by atoms with Crippen LogP contribution in [0.4, 0.5) is 0 Å². The molecule has 8 nitrogen and oxygen atoms in total. The van der Waals surface area contributed by atoms with Crippen LogP contribution in [0, 0.1) is 6.92 Å². The molecular weight excluding hydrogens is 637 g/mol. The minimum absolute atomic E-state index is 0.136. The lowest BCUT2D eigenvalue weighted by atomic mass is 9.84. The molecule has 0 aliphatic carbocycles. The Morgan fingerprint density at radius 3 is 1.80 bits per heavy atom. The van der Waals surface area contributed by atoms with Gasteiger partial charge in [-0.2, -0.15) is 4.31 Å². The van der Waals surface area contributed by atoms with Crippen LogP contribution in [0.1, 0.15) is 51.3 Å². The summed E-state index contributed by atoms with van der Waals surface area (Å²) in [6.07, 6.45) is 1.85. The number of ether oxygens (including phenoxy) is 2. The van der Waals surface area contributed by atoms with Gasteiger partial charge in [0, 0.05) is 35.4 Å². The number of nitrogens with zero attached hydrogens (tertiary/aromatic N) is 2. The first-order chi connectivity index (χ1) is 23.7. The number of pyridine rings is 1. The van der Waals surface area contributed by atoms with Gasteiger partial charge in [-0.15, -0.1) is 0 Å². The van der Waals surface area contributed by atoms with Crippen LogP contribution in [0.15, 0.2) is 108 Å². The summed E-state index contributed by atoms with van der Waals surface area (Å²) in [5.41, 5.74) is 7.74. The average molecular weight is 671 g/mol. The molecule has 49 heavy (non-hydrogen) atoms. The summed E-state index contributed by atoms with van der Waals surface area (Å²) in [6, 6.07) is 29.3. The van der Waals surface area contributed by atoms with E-state index in [-0.39, 0.29) is 31.2 Å². The van der Waals surface area contributed by atoms with Crippen molar-refractivity contribution in [2.24, 2.45) is 0 Å². The summed E-state index contributed by atoms with van der Waals surface area (Å²) in [5.74, 6) is -0.815. The first kappa shape index (κ1) is 32.2. The van der Waals surface area contributed by atoms with Gasteiger partial charge in [-0.05, 0) is 96.6 Å². The molecule has 2 heterocycles. The van der Waals surface area contributed by atoms with Crippen LogP contribution in [0.5, 0.6) is 0 Å². The maximum atomic E-state index is 14.2. The van der Waals surface area contributed by atoms with Crippen LogP contribution in [-0.2, 0) is 32.6 Å². The summed E-state index contributed by atoms with van der Waals surface area (Å²) in [4.78, 5) is 30.1. The highest BCUT2D eigenvalue weighted by molar-refractivity contribution is 7.89. The number of esters is 2. The number of hydrogen-bond donors (Lipinski definition) is 0. The van der Waals surface area contributed by atoms with Gasteiger partial charge in [-0.3, -0.25) is 4.98 Å². The van der Waals surface area contributed by atoms with Crippen molar-refractivity contribution in [2.75, 3.05) is 13.2 Å². The first-order valence-electron chi connectivity index (χ1n) is 16.2. The van der Waals surface area contributed by atoms with E-state index >= 15 is 0 Å². The van der Waals surface area contributed by atoms with Crippen LogP contribution in [0.2, 0.25) is 0 Å². The molecule has 0 bridgehead atoms. The summed E-state index contributed by atoms with van der Waals surface area (Å²) >= 11 is 0. The third-order valence-electron chi connectivity index (χ3n) is 8.96. The number of carbonyl (C=O) groups excluding carboxylic acids is 2. The Morgan fingerprint density at radius 2 is 1.22 bits per heavy atom. The van der Waals surface area contributed by atoms with E-state index in [1.165, 1.54) is 4.31 Å². The molecule has 0 fully saturated rings. The van der Waals surface area contributed by atoms with Crippen LogP contribution >= 0.6 is 0 Å². The standard InChI is InChI=1S/C40H34N2O6S/c1-4-47-39(43)28-16-12-26(13-17-28)36-32-22-41-35-9-7-6-8-31(35)38(32)37(27-14-18-29(19-15-27)40(44)48-5-2)34-24-42(23-33(34)36)49(45,46)30-20-10-25(3)11-21-30/h6-22H,4-5,23-24H2,1-3H3. The fourth-order valence-electron chi connectivity index (χ4n) is 6.63. The average Bonchev–Trinajstić information content (AvgIpc) is 3.57. The lowest BCUT2D eigenvalue weighted by molar-refractivity contribution is 0.0517. The van der Waals surface area contributed by atoms with Gasteiger partial charge >= 0.3 is 11.9 Å². The van der Waals surface area contributed by atoms with Crippen molar-refractivity contribution in [3.05, 3.63) is 131 Å². The Hall–Kier alpha value is -5.38. The van der Waals surface area contributed by atoms with Crippen molar-refractivity contribution in [2.45, 2.75) is 38.8 Å². The van der Waals surface area contributed by atoms with Gasteiger partial charge in [0.1, 0.15) is 0 Å². The molecule has 6 aromatic rings. The number of hydrogen-bond acceptors (Lipinski definition) is 7. The van der Waals surface area contributed by atoms with Gasteiger partial charge in [0.2, 0.25) is 10.0 Å². The number of rotatable bonds is 8. The van der Waals surface area contributed by atoms with Gasteiger partial charge in [0.25, 0.3) is 0 Å². The molecule has 7 rings (SSSR count). The van der Waals surface area contributed by atoms with Crippen LogP contribution < -0.4 is 0 Å². The summed E-state index contributed by atoms with van der Waals surface area (Å²) < 4.78 is 40.3. The second-order valence-corrected chi connectivity index (χ2v) is 13.9. The lowest BCUT2D eigenvalue weighted by Crippen LogP contribution is -2.25. The zero-order valence-corrected chi connectivity index (χ0v) is 28.2. The number of aryl methyl sites for hydroxylation is 1. The van der Waals surface area contributed by atoms with Gasteiger partial charge in [0.15, 0.2) is 0 Å². The van der Waals surface area contributed by atoms with E-state index in [1.54, 1.807) is 62.4 Å². The highest BCUT2D eigenvalue weighted by Gasteiger charge is 2.36. The fraction of sp³-hybridized carbons (Fsp3) is 0.175. The maximum absolute atomic E-state index is 14.2. The smallest absolute Gasteiger partial charge is 0.338 e. The Bertz CT molecular complexity index is 2350. The number of para-hydroxylation sites is 1. The van der Waals surface area contributed by atoms with Crippen LogP contribution in [0.25, 0.3) is 43.9 Å². The van der Waals surface area contributed by atoms with E-state index in [4.69, 9.17) is 14.5 Å². The molecule has 9 heteroatoms. The summed E-state index contributed by atoms with van der Waals surface area (Å²) in [5, 5.41) is 2.68. The molecule has 5 aromatic carbocycles. The van der Waals surface area contributed by atoms with E-state index in [1.807, 2.05) is 61.7 Å². The molecule has 0 amide bonds. The SMILES string of the molecule is CCOC(=O)c1ccc(-c2c3c(c(-c4ccc(C(=O)OCC)cc4)c4c2cnc2ccccc24)CN(S(=O)(=O)c2ccc(C)cc2)C3)cc1. The fourth-order valence-corrected chi connectivity index (χ4v) is 8.00. The zero-order valence-electron chi connectivity index (χ0n) is 27.4. The van der Waals surface area contributed by atoms with E-state index in [2.05, 4.69) is 0 Å². The molecule has 0 radical (unpaired) electrons. The van der Waals surface area contributed by atoms with Crippen molar-refractivity contribution in [3.8, 4) is 22.3 Å². The molecular formula is C40H34N2O6S. The van der Waals surface area contributed by atoms with Gasteiger partial charge in [0.05, 0.1) is 34.8 Å². The highest BCUT2D eigenvalue weighted by Crippen LogP contribution is 2.48. The molecule has 0 atom stereocenters. The molecule has 0 N–H and O–H groups in total. The van der Waals surface area contributed by atoms with Crippen molar-refractivity contribution >= 4 is 43.6 Å². The van der Waals surface area contributed by atoms with Gasteiger partial charge < -0.3 is 9.47 Å². The van der Waals surface area contributed by atoms with E-state index < -0.39 is 22.0 Å². The zero-order chi connectivity index (χ0) is 34.3. The predicted octanol–water partition coefficient (Wildman–Crippen LogP) is 8.09. The minimum Gasteiger partial charge on any atom is -0.462 e. The second kappa shape index (κ2) is 12.9. The van der Waals surface area contributed by atoms with Crippen LogP contribution in [0.3, 0.4) is 0 Å². The molecule has 0 saturated heterocycles. The molecule has 1 aromatic heterocycles. The Labute approximate surface area is 285 Å². The largest absolute Gasteiger partial charge is 0.462 e.